The quantitative estimate of drug-likeness (QED) is 0.371. The van der Waals surface area contributed by atoms with E-state index in [-0.39, 0.29) is 18.1 Å². The lowest BCUT2D eigenvalue weighted by Gasteiger charge is -2.24. The van der Waals surface area contributed by atoms with Gasteiger partial charge in [0.2, 0.25) is 0 Å². The third-order valence-corrected chi connectivity index (χ3v) is 3.78. The zero-order valence-electron chi connectivity index (χ0n) is 15.6. The molecule has 3 heteroatoms. The highest BCUT2D eigenvalue weighted by Gasteiger charge is 2.32. The maximum atomic E-state index is 11.6. The van der Waals surface area contributed by atoms with Gasteiger partial charge in [0, 0.05) is 0 Å². The molecule has 1 fully saturated rings. The Labute approximate surface area is 151 Å². The first-order valence-corrected chi connectivity index (χ1v) is 8.69. The number of Topliss-reactive ketones (excluding diaryl/α,β-unsaturated/α-hetero) is 1. The minimum Gasteiger partial charge on any atom is -0.457 e. The van der Waals surface area contributed by atoms with Crippen molar-refractivity contribution in [1.82, 2.24) is 0 Å². The summed E-state index contributed by atoms with van der Waals surface area (Å²) < 4.78 is 5.17. The number of carbonyl (C=O) groups is 2. The Morgan fingerprint density at radius 2 is 1.68 bits per heavy atom. The Morgan fingerprint density at radius 3 is 2.36 bits per heavy atom. The molecule has 0 bridgehead atoms. The Morgan fingerprint density at radius 1 is 1.04 bits per heavy atom. The maximum absolute atomic E-state index is 11.6. The van der Waals surface area contributed by atoms with Crippen LogP contribution in [-0.2, 0) is 14.3 Å². The summed E-state index contributed by atoms with van der Waals surface area (Å²) in [5.41, 5.74) is 2.48. The van der Waals surface area contributed by atoms with Crippen LogP contribution in [0, 0.1) is 5.92 Å². The summed E-state index contributed by atoms with van der Waals surface area (Å²) in [6, 6.07) is 0. The molecule has 134 valence electrons. The van der Waals surface area contributed by atoms with Crippen molar-refractivity contribution in [3.8, 4) is 0 Å². The molecule has 1 saturated heterocycles. The highest BCUT2D eigenvalue weighted by atomic mass is 16.5. The summed E-state index contributed by atoms with van der Waals surface area (Å²) in [6.07, 6.45) is 20.0. The highest BCUT2D eigenvalue weighted by molar-refractivity contribution is 5.99. The lowest BCUT2D eigenvalue weighted by atomic mass is 9.94. The molecule has 1 rings (SSSR count). The van der Waals surface area contributed by atoms with Crippen molar-refractivity contribution in [1.29, 1.82) is 0 Å². The molecule has 2 atom stereocenters. The second-order valence-corrected chi connectivity index (χ2v) is 6.14. The van der Waals surface area contributed by atoms with Gasteiger partial charge in [-0.25, -0.2) is 0 Å². The molecule has 0 aliphatic carbocycles. The maximum Gasteiger partial charge on any atom is 0.313 e. The third kappa shape index (κ3) is 8.30. The van der Waals surface area contributed by atoms with Gasteiger partial charge in [-0.3, -0.25) is 9.59 Å². The van der Waals surface area contributed by atoms with Gasteiger partial charge < -0.3 is 4.74 Å². The van der Waals surface area contributed by atoms with Crippen molar-refractivity contribution in [2.24, 2.45) is 5.92 Å². The first-order valence-electron chi connectivity index (χ1n) is 8.69. The van der Waals surface area contributed by atoms with Gasteiger partial charge in [0.05, 0.1) is 5.92 Å². The molecule has 0 aromatic carbocycles. The van der Waals surface area contributed by atoms with Crippen LogP contribution < -0.4 is 0 Å². The minimum atomic E-state index is -0.463. The number of allylic oxidation sites excluding steroid dienone is 11. The fraction of sp³-hybridized carbons (Fsp3) is 0.364. The van der Waals surface area contributed by atoms with Crippen LogP contribution in [0.25, 0.3) is 0 Å². The molecule has 0 spiro atoms. The summed E-state index contributed by atoms with van der Waals surface area (Å²) in [7, 11) is 0. The molecule has 25 heavy (non-hydrogen) atoms. The SMILES string of the molecule is CC/C=C(C)/C=C(C)/C=C/C=C/C=C/C=C/[C@H]1OC(=O)CC(=O)[C@@H]1C. The van der Waals surface area contributed by atoms with Crippen molar-refractivity contribution in [2.45, 2.75) is 46.6 Å². The molecule has 0 saturated carbocycles. The van der Waals surface area contributed by atoms with E-state index in [1.165, 1.54) is 11.1 Å². The molecule has 0 radical (unpaired) electrons. The number of ether oxygens (including phenoxy) is 1. The van der Waals surface area contributed by atoms with Gasteiger partial charge in [0.1, 0.15) is 12.5 Å². The largest absolute Gasteiger partial charge is 0.457 e. The summed E-state index contributed by atoms with van der Waals surface area (Å²) in [4.78, 5) is 22.9. The van der Waals surface area contributed by atoms with Crippen LogP contribution in [0.3, 0.4) is 0 Å². The predicted molar refractivity (Wildman–Crippen MR) is 103 cm³/mol. The molecule has 0 unspecified atom stereocenters. The second-order valence-electron chi connectivity index (χ2n) is 6.14. The first-order chi connectivity index (χ1) is 11.9. The Bertz CT molecular complexity index is 642. The smallest absolute Gasteiger partial charge is 0.313 e. The van der Waals surface area contributed by atoms with Crippen molar-refractivity contribution >= 4 is 11.8 Å². The third-order valence-electron chi connectivity index (χ3n) is 3.78. The average molecular weight is 340 g/mol. The first kappa shape index (κ1) is 20.6. The number of esters is 1. The van der Waals surface area contributed by atoms with Crippen molar-refractivity contribution in [2.75, 3.05) is 0 Å². The predicted octanol–water partition coefficient (Wildman–Crippen LogP) is 5.03. The van der Waals surface area contributed by atoms with E-state index in [2.05, 4.69) is 39.0 Å². The topological polar surface area (TPSA) is 43.4 Å². The van der Waals surface area contributed by atoms with Gasteiger partial charge >= 0.3 is 5.97 Å². The molecule has 0 aromatic rings. The summed E-state index contributed by atoms with van der Waals surface area (Å²) in [6.45, 7) is 8.09. The Balaban J connectivity index is 2.46. The van der Waals surface area contributed by atoms with Crippen LogP contribution in [0.2, 0.25) is 0 Å². The van der Waals surface area contributed by atoms with Crippen LogP contribution in [-0.4, -0.2) is 17.9 Å². The lowest BCUT2D eigenvalue weighted by Crippen LogP contribution is -2.36. The van der Waals surface area contributed by atoms with E-state index >= 15 is 0 Å². The van der Waals surface area contributed by atoms with E-state index in [4.69, 9.17) is 4.74 Å². The second kappa shape index (κ2) is 11.2. The molecular weight excluding hydrogens is 312 g/mol. The monoisotopic (exact) mass is 340 g/mol. The summed E-state index contributed by atoms with van der Waals surface area (Å²) in [5.74, 6) is -0.785. The van der Waals surface area contributed by atoms with Gasteiger partial charge in [-0.15, -0.1) is 0 Å². The van der Waals surface area contributed by atoms with Crippen LogP contribution in [0.15, 0.2) is 71.9 Å². The number of ketones is 1. The van der Waals surface area contributed by atoms with Gasteiger partial charge in [-0.05, 0) is 26.3 Å². The number of rotatable bonds is 7. The highest BCUT2D eigenvalue weighted by Crippen LogP contribution is 2.19. The zero-order chi connectivity index (χ0) is 18.7. The normalized spacial score (nSPS) is 23.5. The molecule has 1 heterocycles. The number of carbonyl (C=O) groups excluding carboxylic acids is 2. The van der Waals surface area contributed by atoms with Crippen LogP contribution in [0.4, 0.5) is 0 Å². The van der Waals surface area contributed by atoms with E-state index in [0.29, 0.717) is 0 Å². The molecule has 3 nitrogen and oxygen atoms in total. The number of cyclic esters (lactones) is 1. The van der Waals surface area contributed by atoms with Gasteiger partial charge in [0.15, 0.2) is 5.78 Å². The van der Waals surface area contributed by atoms with E-state index in [1.807, 2.05) is 30.4 Å². The van der Waals surface area contributed by atoms with Crippen LogP contribution in [0.1, 0.15) is 40.5 Å². The molecule has 0 N–H and O–H groups in total. The molecule has 0 amide bonds. The Kier molecular flexibility index (Phi) is 9.23. The van der Waals surface area contributed by atoms with Crippen molar-refractivity contribution in [3.05, 3.63) is 71.9 Å². The van der Waals surface area contributed by atoms with E-state index in [0.717, 1.165) is 6.42 Å². The van der Waals surface area contributed by atoms with Crippen molar-refractivity contribution in [3.63, 3.8) is 0 Å². The van der Waals surface area contributed by atoms with Crippen LogP contribution >= 0.6 is 0 Å². The lowest BCUT2D eigenvalue weighted by molar-refractivity contribution is -0.159. The van der Waals surface area contributed by atoms with E-state index in [9.17, 15) is 9.59 Å². The molecular formula is C22H28O3. The fourth-order valence-corrected chi connectivity index (χ4v) is 2.41. The van der Waals surface area contributed by atoms with Gasteiger partial charge in [-0.1, -0.05) is 79.7 Å². The number of hydrogen-bond donors (Lipinski definition) is 0. The summed E-state index contributed by atoms with van der Waals surface area (Å²) in [5, 5.41) is 0. The molecule has 0 aromatic heterocycles. The van der Waals surface area contributed by atoms with Crippen molar-refractivity contribution < 1.29 is 14.3 Å². The molecule has 1 aliphatic rings. The molecule has 1 aliphatic heterocycles. The van der Waals surface area contributed by atoms with Gasteiger partial charge in [0.25, 0.3) is 0 Å². The average Bonchev–Trinajstić information content (AvgIpc) is 2.54. The fourth-order valence-electron chi connectivity index (χ4n) is 2.41. The van der Waals surface area contributed by atoms with Gasteiger partial charge in [-0.2, -0.15) is 0 Å². The van der Waals surface area contributed by atoms with Crippen LogP contribution in [0.5, 0.6) is 0 Å². The standard InChI is InChI=1S/C22H28O3/c1-5-12-17(2)15-18(3)13-10-8-6-7-9-11-14-21-19(4)20(23)16-22(24)25-21/h6-15,19,21H,5,16H2,1-4H3/b8-6+,9-7+,13-10+,14-11+,17-12+,18-15+/t19-,21+/m0/s1. The van der Waals surface area contributed by atoms with E-state index in [1.54, 1.807) is 19.1 Å². The summed E-state index contributed by atoms with van der Waals surface area (Å²) >= 11 is 0. The zero-order valence-corrected chi connectivity index (χ0v) is 15.6. The number of hydrogen-bond acceptors (Lipinski definition) is 3. The Hall–Kier alpha value is -2.42. The van der Waals surface area contributed by atoms with E-state index < -0.39 is 12.1 Å². The minimum absolute atomic E-state index is 0.0626.